The lowest BCUT2D eigenvalue weighted by molar-refractivity contribution is 0.102. The van der Waals surface area contributed by atoms with Crippen molar-refractivity contribution in [1.82, 2.24) is 0 Å². The molecule has 0 aromatic heterocycles. The van der Waals surface area contributed by atoms with Gasteiger partial charge in [0.1, 0.15) is 5.82 Å². The summed E-state index contributed by atoms with van der Waals surface area (Å²) in [5, 5.41) is 5.21. The molecule has 0 spiro atoms. The molecule has 160 valence electrons. The highest BCUT2D eigenvalue weighted by Crippen LogP contribution is 2.35. The van der Waals surface area contributed by atoms with Gasteiger partial charge in [-0.15, -0.1) is 0 Å². The second kappa shape index (κ2) is 7.76. The Hall–Kier alpha value is -3.71. The Morgan fingerprint density at radius 2 is 1.50 bits per heavy atom. The first-order valence-corrected chi connectivity index (χ1v) is 11.6. The first-order valence-electron chi connectivity index (χ1n) is 10.1. The minimum absolute atomic E-state index is 0.0484. The summed E-state index contributed by atoms with van der Waals surface area (Å²) in [5.41, 5.74) is 4.05. The second-order valence-corrected chi connectivity index (χ2v) is 9.39. The average molecular weight is 447 g/mol. The van der Waals surface area contributed by atoms with Crippen molar-refractivity contribution >= 4 is 38.1 Å². The highest BCUT2D eigenvalue weighted by molar-refractivity contribution is 7.92. The van der Waals surface area contributed by atoms with Gasteiger partial charge in [-0.3, -0.25) is 9.52 Å². The maximum atomic E-state index is 13.1. The first-order chi connectivity index (χ1) is 15.4. The van der Waals surface area contributed by atoms with Crippen LogP contribution in [0.25, 0.3) is 10.8 Å². The SMILES string of the molecule is O=C(Nc1ccc2c3c(cccc13)CC2)c1ccc(NS(=O)(=O)c2ccc(F)cc2)cc1. The van der Waals surface area contributed by atoms with Gasteiger partial charge in [-0.2, -0.15) is 0 Å². The molecule has 7 heteroatoms. The van der Waals surface area contributed by atoms with Crippen molar-refractivity contribution < 1.29 is 17.6 Å². The summed E-state index contributed by atoms with van der Waals surface area (Å²) >= 11 is 0. The molecule has 0 aliphatic heterocycles. The number of hydrogen-bond donors (Lipinski definition) is 2. The van der Waals surface area contributed by atoms with Crippen LogP contribution in [-0.2, 0) is 22.9 Å². The number of anilines is 2. The number of halogens is 1. The summed E-state index contributed by atoms with van der Waals surface area (Å²) in [7, 11) is -3.86. The quantitative estimate of drug-likeness (QED) is 0.446. The van der Waals surface area contributed by atoms with Gasteiger partial charge in [-0.05, 0) is 84.0 Å². The van der Waals surface area contributed by atoms with Crippen molar-refractivity contribution in [2.24, 2.45) is 0 Å². The molecule has 1 aliphatic carbocycles. The molecule has 1 aliphatic rings. The van der Waals surface area contributed by atoms with Gasteiger partial charge in [0.2, 0.25) is 0 Å². The Kier molecular flexibility index (Phi) is 4.90. The normalized spacial score (nSPS) is 12.7. The Balaban J connectivity index is 1.34. The molecule has 0 saturated heterocycles. The first kappa shape index (κ1) is 20.2. The van der Waals surface area contributed by atoms with E-state index in [2.05, 4.69) is 22.2 Å². The average Bonchev–Trinajstić information content (AvgIpc) is 3.21. The van der Waals surface area contributed by atoms with Crippen molar-refractivity contribution in [1.29, 1.82) is 0 Å². The van der Waals surface area contributed by atoms with Crippen molar-refractivity contribution in [2.75, 3.05) is 10.0 Å². The van der Waals surface area contributed by atoms with Crippen LogP contribution in [0.1, 0.15) is 21.5 Å². The van der Waals surface area contributed by atoms with E-state index >= 15 is 0 Å². The van der Waals surface area contributed by atoms with Crippen LogP contribution in [0.2, 0.25) is 0 Å². The van der Waals surface area contributed by atoms with E-state index in [0.29, 0.717) is 11.3 Å². The highest BCUT2D eigenvalue weighted by Gasteiger charge is 2.18. The van der Waals surface area contributed by atoms with Gasteiger partial charge >= 0.3 is 0 Å². The molecule has 4 aromatic rings. The standard InChI is InChI=1S/C25H19FN2O3S/c26-19-9-13-21(14-10-19)32(30,31)28-20-11-6-18(7-12-20)25(29)27-23-15-8-17-5-4-16-2-1-3-22(23)24(16)17/h1-3,6-15,28H,4-5H2,(H,27,29). The number of aryl methyl sites for hydroxylation is 2. The fraction of sp³-hybridized carbons (Fsp3) is 0.0800. The molecule has 0 heterocycles. The third kappa shape index (κ3) is 3.71. The van der Waals surface area contributed by atoms with E-state index in [4.69, 9.17) is 0 Å². The Morgan fingerprint density at radius 1 is 0.812 bits per heavy atom. The lowest BCUT2D eigenvalue weighted by atomic mass is 10.0. The van der Waals surface area contributed by atoms with Gasteiger partial charge < -0.3 is 5.32 Å². The topological polar surface area (TPSA) is 75.3 Å². The molecule has 5 rings (SSSR count). The van der Waals surface area contributed by atoms with E-state index in [1.807, 2.05) is 18.2 Å². The van der Waals surface area contributed by atoms with Crippen LogP contribution in [0.4, 0.5) is 15.8 Å². The zero-order valence-electron chi connectivity index (χ0n) is 16.9. The molecular weight excluding hydrogens is 427 g/mol. The molecular formula is C25H19FN2O3S. The largest absolute Gasteiger partial charge is 0.321 e. The number of benzene rings is 4. The van der Waals surface area contributed by atoms with Gasteiger partial charge in [0, 0.05) is 22.3 Å². The van der Waals surface area contributed by atoms with Crippen LogP contribution in [0.3, 0.4) is 0 Å². The van der Waals surface area contributed by atoms with Gasteiger partial charge in [-0.1, -0.05) is 24.3 Å². The number of rotatable bonds is 5. The second-order valence-electron chi connectivity index (χ2n) is 7.70. The maximum Gasteiger partial charge on any atom is 0.261 e. The number of carbonyl (C=O) groups excluding carboxylic acids is 1. The third-order valence-corrected chi connectivity index (χ3v) is 7.05. The lowest BCUT2D eigenvalue weighted by Gasteiger charge is -2.12. The van der Waals surface area contributed by atoms with Gasteiger partial charge in [-0.25, -0.2) is 12.8 Å². The Morgan fingerprint density at radius 3 is 2.22 bits per heavy atom. The number of sulfonamides is 1. The number of carbonyl (C=O) groups is 1. The van der Waals surface area contributed by atoms with E-state index in [1.54, 1.807) is 12.1 Å². The van der Waals surface area contributed by atoms with E-state index in [9.17, 15) is 17.6 Å². The third-order valence-electron chi connectivity index (χ3n) is 5.65. The molecule has 32 heavy (non-hydrogen) atoms. The zero-order valence-corrected chi connectivity index (χ0v) is 17.7. The summed E-state index contributed by atoms with van der Waals surface area (Å²) in [6, 6.07) is 20.8. The predicted molar refractivity (Wildman–Crippen MR) is 123 cm³/mol. The monoisotopic (exact) mass is 446 g/mol. The molecule has 0 unspecified atom stereocenters. The molecule has 1 amide bonds. The molecule has 0 atom stereocenters. The van der Waals surface area contributed by atoms with Crippen LogP contribution in [-0.4, -0.2) is 14.3 Å². The Bertz CT molecular complexity index is 1440. The molecule has 4 aromatic carbocycles. The van der Waals surface area contributed by atoms with Crippen molar-refractivity contribution in [3.63, 3.8) is 0 Å². The van der Waals surface area contributed by atoms with E-state index < -0.39 is 15.8 Å². The van der Waals surface area contributed by atoms with Crippen molar-refractivity contribution in [3.05, 3.63) is 101 Å². The minimum atomic E-state index is -3.86. The van der Waals surface area contributed by atoms with Crippen molar-refractivity contribution in [3.8, 4) is 0 Å². The van der Waals surface area contributed by atoms with E-state index in [-0.39, 0.29) is 10.8 Å². The lowest BCUT2D eigenvalue weighted by Crippen LogP contribution is -2.14. The highest BCUT2D eigenvalue weighted by atomic mass is 32.2. The smallest absolute Gasteiger partial charge is 0.261 e. The molecule has 5 nitrogen and oxygen atoms in total. The van der Waals surface area contributed by atoms with Crippen LogP contribution in [0.5, 0.6) is 0 Å². The number of nitrogens with one attached hydrogen (secondary N) is 2. The van der Waals surface area contributed by atoms with Gasteiger partial charge in [0.25, 0.3) is 15.9 Å². The Labute approximate surface area is 185 Å². The summed E-state index contributed by atoms with van der Waals surface area (Å²) in [4.78, 5) is 12.8. The molecule has 0 fully saturated rings. The minimum Gasteiger partial charge on any atom is -0.321 e. The maximum absolute atomic E-state index is 13.1. The molecule has 2 N–H and O–H groups in total. The predicted octanol–water partition coefficient (Wildman–Crippen LogP) is 5.13. The number of hydrogen-bond acceptors (Lipinski definition) is 3. The summed E-state index contributed by atoms with van der Waals surface area (Å²) in [5.74, 6) is -0.795. The summed E-state index contributed by atoms with van der Waals surface area (Å²) in [6.45, 7) is 0. The van der Waals surface area contributed by atoms with Crippen LogP contribution < -0.4 is 10.0 Å². The van der Waals surface area contributed by atoms with Crippen molar-refractivity contribution in [2.45, 2.75) is 17.7 Å². The zero-order chi connectivity index (χ0) is 22.3. The molecule has 0 radical (unpaired) electrons. The van der Waals surface area contributed by atoms with Gasteiger partial charge in [0.15, 0.2) is 0 Å². The fourth-order valence-electron chi connectivity index (χ4n) is 4.07. The fourth-order valence-corrected chi connectivity index (χ4v) is 5.13. The van der Waals surface area contributed by atoms with E-state index in [0.717, 1.165) is 36.0 Å². The summed E-state index contributed by atoms with van der Waals surface area (Å²) in [6.07, 6.45) is 2.03. The van der Waals surface area contributed by atoms with Crippen LogP contribution in [0, 0.1) is 5.82 Å². The molecule has 0 saturated carbocycles. The van der Waals surface area contributed by atoms with E-state index in [1.165, 1.54) is 40.8 Å². The summed E-state index contributed by atoms with van der Waals surface area (Å²) < 4.78 is 40.4. The number of amides is 1. The van der Waals surface area contributed by atoms with Crippen LogP contribution in [0.15, 0.2) is 83.8 Å². The van der Waals surface area contributed by atoms with Crippen LogP contribution >= 0.6 is 0 Å². The molecule has 0 bridgehead atoms. The van der Waals surface area contributed by atoms with Gasteiger partial charge in [0.05, 0.1) is 4.90 Å².